The average Bonchev–Trinajstić information content (AvgIpc) is 1.67. The van der Waals surface area contributed by atoms with Crippen molar-refractivity contribution >= 4 is 33.5 Å². The Morgan fingerprint density at radius 3 is 2.25 bits per heavy atom. The zero-order valence-electron chi connectivity index (χ0n) is 3.99. The lowest BCUT2D eigenvalue weighted by Gasteiger charge is -1.83. The molecule has 0 amide bonds. The van der Waals surface area contributed by atoms with Gasteiger partial charge in [-0.05, 0) is 0 Å². The van der Waals surface area contributed by atoms with E-state index < -0.39 is 0 Å². The fourth-order valence-corrected chi connectivity index (χ4v) is 0.255. The molecule has 0 rings (SSSR count). The van der Waals surface area contributed by atoms with Gasteiger partial charge >= 0.3 is 0 Å². The smallest absolute Gasteiger partial charge is 0.165 e. The van der Waals surface area contributed by atoms with Crippen molar-refractivity contribution in [2.45, 2.75) is 0 Å². The van der Waals surface area contributed by atoms with Crippen LogP contribution in [-0.4, -0.2) is 10.3 Å². The molecule has 0 aromatic carbocycles. The molecule has 0 saturated heterocycles. The summed E-state index contributed by atoms with van der Waals surface area (Å²) in [6.45, 7) is 3.26. The number of nitrogens with one attached hydrogen (secondary N) is 1. The second kappa shape index (κ2) is 3.64. The molecule has 0 aromatic heterocycles. The van der Waals surface area contributed by atoms with Crippen LogP contribution in [0.3, 0.4) is 0 Å². The fraction of sp³-hybridized carbons (Fsp3) is 0. The molecule has 0 unspecified atom stereocenters. The lowest BCUT2D eigenvalue weighted by Crippen LogP contribution is -1.94. The molecule has 0 aliphatic carbocycles. The predicted molar refractivity (Wildman–Crippen MR) is 37.1 cm³/mol. The SMILES string of the molecule is C=CN=C(Cl)C(=N)Cl. The first-order valence-electron chi connectivity index (χ1n) is 1.77. The highest BCUT2D eigenvalue weighted by atomic mass is 35.5. The van der Waals surface area contributed by atoms with Crippen molar-refractivity contribution in [1.29, 1.82) is 5.41 Å². The van der Waals surface area contributed by atoms with E-state index in [0.29, 0.717) is 0 Å². The van der Waals surface area contributed by atoms with Crippen LogP contribution in [0.1, 0.15) is 0 Å². The van der Waals surface area contributed by atoms with Crippen LogP contribution >= 0.6 is 23.2 Å². The first kappa shape index (κ1) is 7.66. The quantitative estimate of drug-likeness (QED) is 0.585. The highest BCUT2D eigenvalue weighted by Crippen LogP contribution is 1.92. The fourth-order valence-electron chi connectivity index (χ4n) is 0.137. The van der Waals surface area contributed by atoms with E-state index in [2.05, 4.69) is 11.6 Å². The summed E-state index contributed by atoms with van der Waals surface area (Å²) < 4.78 is 0. The van der Waals surface area contributed by atoms with Crippen LogP contribution in [0.25, 0.3) is 0 Å². The molecule has 0 saturated carbocycles. The van der Waals surface area contributed by atoms with Crippen molar-refractivity contribution in [3.63, 3.8) is 0 Å². The van der Waals surface area contributed by atoms with Crippen LogP contribution in [0.4, 0.5) is 0 Å². The topological polar surface area (TPSA) is 36.2 Å². The Morgan fingerprint density at radius 1 is 1.62 bits per heavy atom. The van der Waals surface area contributed by atoms with E-state index in [1.54, 1.807) is 0 Å². The van der Waals surface area contributed by atoms with Crippen molar-refractivity contribution in [2.75, 3.05) is 0 Å². The summed E-state index contributed by atoms with van der Waals surface area (Å²) in [5.41, 5.74) is 0. The maximum atomic E-state index is 6.66. The van der Waals surface area contributed by atoms with Gasteiger partial charge in [0.15, 0.2) is 10.3 Å². The summed E-state index contributed by atoms with van der Waals surface area (Å²) >= 11 is 10.3. The Balaban J connectivity index is 3.99. The van der Waals surface area contributed by atoms with Crippen LogP contribution < -0.4 is 0 Å². The van der Waals surface area contributed by atoms with Crippen molar-refractivity contribution < 1.29 is 0 Å². The minimum Gasteiger partial charge on any atom is -0.287 e. The number of hydrogen-bond donors (Lipinski definition) is 1. The summed E-state index contributed by atoms with van der Waals surface area (Å²) in [5, 5.41) is 6.35. The Bertz CT molecular complexity index is 139. The third-order valence-electron chi connectivity index (χ3n) is 0.386. The Hall–Kier alpha value is -0.340. The third-order valence-corrected chi connectivity index (χ3v) is 0.948. The molecular weight excluding hydrogens is 147 g/mol. The van der Waals surface area contributed by atoms with E-state index in [1.165, 1.54) is 6.20 Å². The maximum Gasteiger partial charge on any atom is 0.165 e. The van der Waals surface area contributed by atoms with Crippen molar-refractivity contribution in [3.8, 4) is 0 Å². The lowest BCUT2D eigenvalue weighted by atomic mass is 10.8. The molecule has 8 heavy (non-hydrogen) atoms. The molecule has 1 N–H and O–H groups in total. The van der Waals surface area contributed by atoms with Crippen LogP contribution in [0.5, 0.6) is 0 Å². The van der Waals surface area contributed by atoms with Gasteiger partial charge in [-0.3, -0.25) is 5.41 Å². The van der Waals surface area contributed by atoms with Crippen LogP contribution in [0.15, 0.2) is 17.8 Å². The van der Waals surface area contributed by atoms with Crippen molar-refractivity contribution in [1.82, 2.24) is 0 Å². The van der Waals surface area contributed by atoms with E-state index >= 15 is 0 Å². The molecule has 0 aromatic rings. The van der Waals surface area contributed by atoms with Gasteiger partial charge in [0.1, 0.15) is 0 Å². The molecule has 0 fully saturated rings. The highest BCUT2D eigenvalue weighted by Gasteiger charge is 1.94. The number of halogens is 2. The minimum absolute atomic E-state index is 0.0401. The standard InChI is InChI=1S/C4H4Cl2N2/c1-2-8-4(6)3(5)7/h2,7H,1H2. The third kappa shape index (κ3) is 2.77. The van der Waals surface area contributed by atoms with Gasteiger partial charge in [0.25, 0.3) is 0 Å². The lowest BCUT2D eigenvalue weighted by molar-refractivity contribution is 1.56. The largest absolute Gasteiger partial charge is 0.287 e. The maximum absolute atomic E-state index is 6.66. The molecule has 0 spiro atoms. The second-order valence-electron chi connectivity index (χ2n) is 0.916. The molecule has 0 aliphatic rings. The van der Waals surface area contributed by atoms with E-state index in [4.69, 9.17) is 28.6 Å². The predicted octanol–water partition coefficient (Wildman–Crippen LogP) is 1.98. The Labute approximate surface area is 57.3 Å². The van der Waals surface area contributed by atoms with E-state index in [9.17, 15) is 0 Å². The molecular formula is C4H4Cl2N2. The van der Waals surface area contributed by atoms with Crippen molar-refractivity contribution in [2.24, 2.45) is 4.99 Å². The first-order chi connectivity index (χ1) is 3.68. The first-order valence-corrected chi connectivity index (χ1v) is 2.52. The zero-order chi connectivity index (χ0) is 6.57. The summed E-state index contributed by atoms with van der Waals surface area (Å²) in [6, 6.07) is 0. The van der Waals surface area contributed by atoms with E-state index in [-0.39, 0.29) is 10.3 Å². The Morgan fingerprint density at radius 2 is 2.12 bits per heavy atom. The van der Waals surface area contributed by atoms with Crippen LogP contribution in [-0.2, 0) is 0 Å². The summed E-state index contributed by atoms with van der Waals surface area (Å²) in [4.78, 5) is 3.41. The average molecular weight is 151 g/mol. The van der Waals surface area contributed by atoms with Crippen LogP contribution in [0, 0.1) is 5.41 Å². The number of rotatable bonds is 2. The molecule has 0 heterocycles. The van der Waals surface area contributed by atoms with Gasteiger partial charge in [0.2, 0.25) is 0 Å². The normalized spacial score (nSPS) is 11.0. The molecule has 44 valence electrons. The summed E-state index contributed by atoms with van der Waals surface area (Å²) in [6.07, 6.45) is 1.22. The monoisotopic (exact) mass is 150 g/mol. The molecule has 0 radical (unpaired) electrons. The van der Waals surface area contributed by atoms with E-state index in [1.807, 2.05) is 0 Å². The van der Waals surface area contributed by atoms with Gasteiger partial charge in [-0.1, -0.05) is 29.8 Å². The number of aliphatic imine (C=N–C) groups is 1. The molecule has 4 heteroatoms. The number of hydrogen-bond acceptors (Lipinski definition) is 2. The molecule has 0 bridgehead atoms. The summed E-state index contributed by atoms with van der Waals surface area (Å²) in [7, 11) is 0. The molecule has 2 nitrogen and oxygen atoms in total. The Kier molecular flexibility index (Phi) is 3.48. The van der Waals surface area contributed by atoms with Gasteiger partial charge < -0.3 is 0 Å². The van der Waals surface area contributed by atoms with Gasteiger partial charge in [0.05, 0.1) is 0 Å². The second-order valence-corrected chi connectivity index (χ2v) is 1.65. The van der Waals surface area contributed by atoms with Crippen LogP contribution in [0.2, 0.25) is 0 Å². The minimum atomic E-state index is -0.272. The van der Waals surface area contributed by atoms with Gasteiger partial charge in [-0.15, -0.1) is 0 Å². The van der Waals surface area contributed by atoms with Crippen molar-refractivity contribution in [3.05, 3.63) is 12.8 Å². The molecule has 0 aliphatic heterocycles. The van der Waals surface area contributed by atoms with Gasteiger partial charge in [-0.25, -0.2) is 4.99 Å². The van der Waals surface area contributed by atoms with Gasteiger partial charge in [-0.2, -0.15) is 0 Å². The number of nitrogens with zero attached hydrogens (tertiary/aromatic N) is 1. The highest BCUT2D eigenvalue weighted by molar-refractivity contribution is 6.99. The molecule has 0 atom stereocenters. The summed E-state index contributed by atoms with van der Waals surface area (Å²) in [5.74, 6) is 0. The zero-order valence-corrected chi connectivity index (χ0v) is 5.50. The van der Waals surface area contributed by atoms with Gasteiger partial charge in [0, 0.05) is 6.20 Å². The van der Waals surface area contributed by atoms with E-state index in [0.717, 1.165) is 0 Å².